The number of carbonyl (C=O) groups excluding carboxylic acids is 1. The number of carbonyl (C=O) groups is 1. The SMILES string of the molecule is CC(=O)OCc1c(Br)cc(C(C)(C)c2ccc3c(=O)[nH]ncc3c2)cc1Br. The van der Waals surface area contributed by atoms with E-state index in [1.807, 2.05) is 30.3 Å². The molecule has 0 aliphatic rings. The smallest absolute Gasteiger partial charge is 0.302 e. The zero-order chi connectivity index (χ0) is 19.8. The lowest BCUT2D eigenvalue weighted by atomic mass is 9.77. The van der Waals surface area contributed by atoms with Crippen LogP contribution in [0, 0.1) is 0 Å². The lowest BCUT2D eigenvalue weighted by Gasteiger charge is -2.27. The second-order valence-corrected chi connectivity index (χ2v) is 8.53. The average Bonchev–Trinajstić information content (AvgIpc) is 2.60. The number of rotatable bonds is 4. The monoisotopic (exact) mass is 492 g/mol. The van der Waals surface area contributed by atoms with Gasteiger partial charge in [-0.15, -0.1) is 0 Å². The number of hydrogen-bond donors (Lipinski definition) is 1. The van der Waals surface area contributed by atoms with Gasteiger partial charge < -0.3 is 4.74 Å². The van der Waals surface area contributed by atoms with Crippen LogP contribution in [-0.2, 0) is 21.6 Å². The fourth-order valence-electron chi connectivity index (χ4n) is 2.93. The van der Waals surface area contributed by atoms with Gasteiger partial charge >= 0.3 is 5.97 Å². The summed E-state index contributed by atoms with van der Waals surface area (Å²) in [5, 5.41) is 7.75. The summed E-state index contributed by atoms with van der Waals surface area (Å²) >= 11 is 7.17. The molecule has 0 amide bonds. The average molecular weight is 494 g/mol. The Kier molecular flexibility index (Phi) is 5.53. The third-order valence-electron chi connectivity index (χ3n) is 4.67. The molecule has 140 valence electrons. The second-order valence-electron chi connectivity index (χ2n) is 6.82. The number of fused-ring (bicyclic) bond motifs is 1. The first kappa shape index (κ1) is 19.8. The molecule has 1 aromatic heterocycles. The fraction of sp³-hybridized carbons (Fsp3) is 0.250. The van der Waals surface area contributed by atoms with Gasteiger partial charge in [0.05, 0.1) is 11.6 Å². The van der Waals surface area contributed by atoms with E-state index in [2.05, 4.69) is 55.9 Å². The number of aromatic amines is 1. The second kappa shape index (κ2) is 7.56. The zero-order valence-corrected chi connectivity index (χ0v) is 18.3. The molecule has 0 atom stereocenters. The van der Waals surface area contributed by atoms with E-state index < -0.39 is 0 Å². The molecule has 0 unspecified atom stereocenters. The van der Waals surface area contributed by atoms with Gasteiger partial charge in [0, 0.05) is 32.2 Å². The molecule has 0 spiro atoms. The Hall–Kier alpha value is -1.99. The summed E-state index contributed by atoms with van der Waals surface area (Å²) in [6, 6.07) is 9.85. The lowest BCUT2D eigenvalue weighted by molar-refractivity contribution is -0.142. The fourth-order valence-corrected chi connectivity index (χ4v) is 4.34. The normalized spacial score (nSPS) is 11.6. The van der Waals surface area contributed by atoms with E-state index in [4.69, 9.17) is 4.74 Å². The van der Waals surface area contributed by atoms with Gasteiger partial charge in [-0.25, -0.2) is 5.10 Å². The number of halogens is 2. The van der Waals surface area contributed by atoms with E-state index in [-0.39, 0.29) is 23.6 Å². The van der Waals surface area contributed by atoms with Crippen LogP contribution < -0.4 is 5.56 Å². The molecule has 0 saturated carbocycles. The summed E-state index contributed by atoms with van der Waals surface area (Å²) in [5.41, 5.74) is 2.50. The van der Waals surface area contributed by atoms with Crippen molar-refractivity contribution < 1.29 is 9.53 Å². The van der Waals surface area contributed by atoms with Gasteiger partial charge in [-0.1, -0.05) is 51.8 Å². The maximum atomic E-state index is 11.9. The van der Waals surface area contributed by atoms with Crippen molar-refractivity contribution in [1.29, 1.82) is 0 Å². The Labute approximate surface area is 173 Å². The number of nitrogens with zero attached hydrogens (tertiary/aromatic N) is 1. The van der Waals surface area contributed by atoms with Crippen molar-refractivity contribution in [3.8, 4) is 0 Å². The summed E-state index contributed by atoms with van der Waals surface area (Å²) in [4.78, 5) is 23.0. The summed E-state index contributed by atoms with van der Waals surface area (Å²) in [7, 11) is 0. The third-order valence-corrected chi connectivity index (χ3v) is 6.09. The summed E-state index contributed by atoms with van der Waals surface area (Å²) in [6.45, 7) is 5.82. The number of nitrogens with one attached hydrogen (secondary N) is 1. The van der Waals surface area contributed by atoms with Gasteiger partial charge in [-0.2, -0.15) is 5.10 Å². The van der Waals surface area contributed by atoms with Crippen molar-refractivity contribution in [2.75, 3.05) is 0 Å². The van der Waals surface area contributed by atoms with Gasteiger partial charge in [0.25, 0.3) is 5.56 Å². The van der Waals surface area contributed by atoms with Crippen LogP contribution in [0.5, 0.6) is 0 Å². The number of hydrogen-bond acceptors (Lipinski definition) is 4. The maximum Gasteiger partial charge on any atom is 0.302 e. The molecule has 3 aromatic rings. The minimum absolute atomic E-state index is 0.196. The topological polar surface area (TPSA) is 72.1 Å². The highest BCUT2D eigenvalue weighted by molar-refractivity contribution is 9.11. The van der Waals surface area contributed by atoms with Crippen molar-refractivity contribution in [2.24, 2.45) is 0 Å². The Morgan fingerprint density at radius 3 is 2.44 bits per heavy atom. The van der Waals surface area contributed by atoms with E-state index in [0.717, 1.165) is 31.0 Å². The van der Waals surface area contributed by atoms with Crippen molar-refractivity contribution in [2.45, 2.75) is 32.8 Å². The van der Waals surface area contributed by atoms with Crippen LogP contribution in [-0.4, -0.2) is 16.2 Å². The minimum atomic E-state index is -0.321. The number of ether oxygens (including phenoxy) is 1. The van der Waals surface area contributed by atoms with E-state index >= 15 is 0 Å². The molecule has 27 heavy (non-hydrogen) atoms. The van der Waals surface area contributed by atoms with Crippen LogP contribution in [0.4, 0.5) is 0 Å². The molecule has 1 heterocycles. The molecule has 0 aliphatic carbocycles. The lowest BCUT2D eigenvalue weighted by Crippen LogP contribution is -2.20. The van der Waals surface area contributed by atoms with Crippen molar-refractivity contribution in [3.05, 3.63) is 72.5 Å². The predicted molar refractivity (Wildman–Crippen MR) is 112 cm³/mol. The first-order valence-corrected chi connectivity index (χ1v) is 9.88. The molecule has 0 saturated heterocycles. The molecule has 5 nitrogen and oxygen atoms in total. The quantitative estimate of drug-likeness (QED) is 0.528. The first-order valence-electron chi connectivity index (χ1n) is 8.30. The number of esters is 1. The maximum absolute atomic E-state index is 11.9. The van der Waals surface area contributed by atoms with E-state index in [0.29, 0.717) is 5.39 Å². The zero-order valence-electron chi connectivity index (χ0n) is 15.1. The minimum Gasteiger partial charge on any atom is -0.461 e. The van der Waals surface area contributed by atoms with Crippen LogP contribution in [0.15, 0.2) is 50.3 Å². The Morgan fingerprint density at radius 1 is 1.15 bits per heavy atom. The van der Waals surface area contributed by atoms with Crippen molar-refractivity contribution in [3.63, 3.8) is 0 Å². The van der Waals surface area contributed by atoms with Crippen LogP contribution >= 0.6 is 31.9 Å². The van der Waals surface area contributed by atoms with Crippen molar-refractivity contribution in [1.82, 2.24) is 10.2 Å². The van der Waals surface area contributed by atoms with Crippen LogP contribution in [0.25, 0.3) is 10.8 Å². The van der Waals surface area contributed by atoms with Gasteiger partial charge in [0.2, 0.25) is 0 Å². The van der Waals surface area contributed by atoms with E-state index in [9.17, 15) is 9.59 Å². The van der Waals surface area contributed by atoms with Gasteiger partial charge in [0.1, 0.15) is 6.61 Å². The summed E-state index contributed by atoms with van der Waals surface area (Å²) < 4.78 is 6.84. The van der Waals surface area contributed by atoms with Gasteiger partial charge in [-0.05, 0) is 35.4 Å². The molecule has 0 aliphatic heterocycles. The number of benzene rings is 2. The van der Waals surface area contributed by atoms with Gasteiger partial charge in [-0.3, -0.25) is 9.59 Å². The molecule has 7 heteroatoms. The van der Waals surface area contributed by atoms with Crippen LogP contribution in [0.3, 0.4) is 0 Å². The third kappa shape index (κ3) is 3.99. The van der Waals surface area contributed by atoms with Crippen LogP contribution in [0.1, 0.15) is 37.5 Å². The first-order chi connectivity index (χ1) is 12.7. The summed E-state index contributed by atoms with van der Waals surface area (Å²) in [6.07, 6.45) is 1.66. The highest BCUT2D eigenvalue weighted by Gasteiger charge is 2.25. The highest BCUT2D eigenvalue weighted by atomic mass is 79.9. The van der Waals surface area contributed by atoms with Crippen molar-refractivity contribution >= 4 is 48.6 Å². The standard InChI is InChI=1S/C20H18Br2N2O3/c1-11(25)27-10-16-17(21)7-14(8-18(16)22)20(2,3)13-4-5-15-12(6-13)9-23-24-19(15)26/h4-9H,10H2,1-3H3,(H,24,26). The molecule has 1 N–H and O–H groups in total. The van der Waals surface area contributed by atoms with Gasteiger partial charge in [0.15, 0.2) is 0 Å². The van der Waals surface area contributed by atoms with E-state index in [1.165, 1.54) is 6.92 Å². The summed E-state index contributed by atoms with van der Waals surface area (Å²) in [5.74, 6) is -0.321. The highest BCUT2D eigenvalue weighted by Crippen LogP contribution is 2.38. The molecule has 0 fully saturated rings. The van der Waals surface area contributed by atoms with E-state index in [1.54, 1.807) is 6.20 Å². The molecule has 0 bridgehead atoms. The Bertz CT molecular complexity index is 1070. The largest absolute Gasteiger partial charge is 0.461 e. The number of H-pyrrole nitrogens is 1. The molecular formula is C20H18Br2N2O3. The number of aromatic nitrogens is 2. The molecule has 2 aromatic carbocycles. The Morgan fingerprint density at radius 2 is 1.81 bits per heavy atom. The molecule has 3 rings (SSSR count). The Balaban J connectivity index is 2.04. The predicted octanol–water partition coefficient (Wildman–Crippen LogP) is 4.84. The molecular weight excluding hydrogens is 476 g/mol. The molecule has 0 radical (unpaired) electrons. The van der Waals surface area contributed by atoms with Crippen LogP contribution in [0.2, 0.25) is 0 Å².